The van der Waals surface area contributed by atoms with E-state index in [0.717, 1.165) is 18.4 Å². The molecule has 1 amide bonds. The van der Waals surface area contributed by atoms with Crippen LogP contribution in [0.3, 0.4) is 0 Å². The van der Waals surface area contributed by atoms with Gasteiger partial charge >= 0.3 is 5.97 Å². The molecule has 0 spiro atoms. The lowest BCUT2D eigenvalue weighted by Crippen LogP contribution is -2.35. The number of carboxylic acid groups (broad SMARTS) is 1. The second-order valence-corrected chi connectivity index (χ2v) is 5.09. The van der Waals surface area contributed by atoms with E-state index in [4.69, 9.17) is 5.11 Å². The number of nitrogens with zero attached hydrogens (tertiary/aromatic N) is 1. The second-order valence-electron chi connectivity index (χ2n) is 5.09. The number of benzene rings is 1. The van der Waals surface area contributed by atoms with Gasteiger partial charge in [0.25, 0.3) is 0 Å². The first kappa shape index (κ1) is 14.4. The number of aromatic hydroxyl groups is 1. The van der Waals surface area contributed by atoms with Crippen molar-refractivity contribution in [1.82, 2.24) is 4.90 Å². The molecule has 108 valence electrons. The van der Waals surface area contributed by atoms with Crippen LogP contribution in [0.15, 0.2) is 24.3 Å². The molecular weight excluding hydrogens is 258 g/mol. The summed E-state index contributed by atoms with van der Waals surface area (Å²) >= 11 is 0. The van der Waals surface area contributed by atoms with Crippen molar-refractivity contribution in [3.05, 3.63) is 29.8 Å². The van der Waals surface area contributed by atoms with Gasteiger partial charge in [0.1, 0.15) is 5.75 Å². The summed E-state index contributed by atoms with van der Waals surface area (Å²) in [6.45, 7) is 0.277. The van der Waals surface area contributed by atoms with Gasteiger partial charge in [-0.1, -0.05) is 18.2 Å². The van der Waals surface area contributed by atoms with Crippen molar-refractivity contribution in [2.24, 2.45) is 0 Å². The van der Waals surface area contributed by atoms with Gasteiger partial charge in [-0.2, -0.15) is 0 Å². The van der Waals surface area contributed by atoms with Crippen molar-refractivity contribution in [2.75, 3.05) is 6.54 Å². The van der Waals surface area contributed by atoms with Crippen LogP contribution in [0.2, 0.25) is 0 Å². The first-order valence-corrected chi connectivity index (χ1v) is 6.86. The number of carboxylic acids is 1. The van der Waals surface area contributed by atoms with E-state index in [9.17, 15) is 14.7 Å². The van der Waals surface area contributed by atoms with Crippen molar-refractivity contribution >= 4 is 11.9 Å². The summed E-state index contributed by atoms with van der Waals surface area (Å²) < 4.78 is 0. The maximum atomic E-state index is 12.2. The van der Waals surface area contributed by atoms with Crippen LogP contribution in [0.25, 0.3) is 0 Å². The number of rotatable bonds is 7. The van der Waals surface area contributed by atoms with Crippen LogP contribution in [-0.2, 0) is 16.0 Å². The Morgan fingerprint density at radius 1 is 1.20 bits per heavy atom. The normalized spacial score (nSPS) is 14.0. The SMILES string of the molecule is O=C(O)CCN(C(=O)CCc1ccccc1O)C1CC1. The molecule has 5 nitrogen and oxygen atoms in total. The van der Waals surface area contributed by atoms with Crippen LogP contribution in [0.1, 0.15) is 31.2 Å². The van der Waals surface area contributed by atoms with Gasteiger partial charge in [0.15, 0.2) is 0 Å². The highest BCUT2D eigenvalue weighted by Gasteiger charge is 2.32. The number of carbonyl (C=O) groups excluding carboxylic acids is 1. The third-order valence-corrected chi connectivity index (χ3v) is 3.47. The maximum Gasteiger partial charge on any atom is 0.305 e. The fourth-order valence-electron chi connectivity index (χ4n) is 2.22. The summed E-state index contributed by atoms with van der Waals surface area (Å²) in [6.07, 6.45) is 2.68. The molecule has 1 aliphatic carbocycles. The zero-order valence-electron chi connectivity index (χ0n) is 11.3. The largest absolute Gasteiger partial charge is 0.508 e. The first-order chi connectivity index (χ1) is 9.58. The highest BCUT2D eigenvalue weighted by Crippen LogP contribution is 2.28. The fourth-order valence-corrected chi connectivity index (χ4v) is 2.22. The van der Waals surface area contributed by atoms with Crippen molar-refractivity contribution < 1.29 is 19.8 Å². The molecule has 0 aromatic heterocycles. The van der Waals surface area contributed by atoms with Crippen molar-refractivity contribution in [3.63, 3.8) is 0 Å². The molecule has 0 atom stereocenters. The molecule has 20 heavy (non-hydrogen) atoms. The molecule has 0 unspecified atom stereocenters. The van der Waals surface area contributed by atoms with Crippen molar-refractivity contribution in [3.8, 4) is 5.75 Å². The molecule has 1 fully saturated rings. The molecule has 2 rings (SSSR count). The second kappa shape index (κ2) is 6.41. The number of hydrogen-bond donors (Lipinski definition) is 2. The number of phenolic OH excluding ortho intramolecular Hbond substituents is 1. The van der Waals surface area contributed by atoms with E-state index in [1.165, 1.54) is 0 Å². The van der Waals surface area contributed by atoms with Crippen LogP contribution in [0.5, 0.6) is 5.75 Å². The smallest absolute Gasteiger partial charge is 0.305 e. The molecular formula is C15H19NO4. The third kappa shape index (κ3) is 3.98. The van der Waals surface area contributed by atoms with Gasteiger partial charge in [-0.15, -0.1) is 0 Å². The molecule has 1 saturated carbocycles. The van der Waals surface area contributed by atoms with Gasteiger partial charge in [0, 0.05) is 19.0 Å². The fraction of sp³-hybridized carbons (Fsp3) is 0.467. The van der Waals surface area contributed by atoms with E-state index < -0.39 is 5.97 Å². The van der Waals surface area contributed by atoms with Crippen LogP contribution in [0, 0.1) is 0 Å². The van der Waals surface area contributed by atoms with E-state index in [-0.39, 0.29) is 30.7 Å². The predicted octanol–water partition coefficient (Wildman–Crippen LogP) is 1.79. The molecule has 0 bridgehead atoms. The number of aliphatic carboxylic acids is 1. The van der Waals surface area contributed by atoms with Gasteiger partial charge in [-0.05, 0) is 30.9 Å². The Morgan fingerprint density at radius 3 is 2.50 bits per heavy atom. The lowest BCUT2D eigenvalue weighted by atomic mass is 10.1. The van der Waals surface area contributed by atoms with E-state index in [1.807, 2.05) is 6.07 Å². The minimum absolute atomic E-state index is 0.0151. The van der Waals surface area contributed by atoms with Gasteiger partial charge < -0.3 is 15.1 Å². The summed E-state index contributed by atoms with van der Waals surface area (Å²) in [7, 11) is 0. The molecule has 5 heteroatoms. The summed E-state index contributed by atoms with van der Waals surface area (Å²) in [6, 6.07) is 7.17. The van der Waals surface area contributed by atoms with Gasteiger partial charge in [-0.25, -0.2) is 0 Å². The average Bonchev–Trinajstić information content (AvgIpc) is 3.22. The average molecular weight is 277 g/mol. The van der Waals surface area contributed by atoms with E-state index in [2.05, 4.69) is 0 Å². The van der Waals surface area contributed by atoms with E-state index in [1.54, 1.807) is 23.1 Å². The number of aryl methyl sites for hydroxylation is 1. The van der Waals surface area contributed by atoms with E-state index in [0.29, 0.717) is 12.8 Å². The van der Waals surface area contributed by atoms with Crippen LogP contribution in [-0.4, -0.2) is 39.6 Å². The van der Waals surface area contributed by atoms with Gasteiger partial charge in [0.2, 0.25) is 5.91 Å². The summed E-state index contributed by atoms with van der Waals surface area (Å²) in [5, 5.41) is 18.4. The lowest BCUT2D eigenvalue weighted by Gasteiger charge is -2.21. The van der Waals surface area contributed by atoms with Crippen molar-refractivity contribution in [1.29, 1.82) is 0 Å². The molecule has 2 N–H and O–H groups in total. The molecule has 0 heterocycles. The first-order valence-electron chi connectivity index (χ1n) is 6.86. The Kier molecular flexibility index (Phi) is 4.61. The van der Waals surface area contributed by atoms with Gasteiger partial charge in [-0.3, -0.25) is 9.59 Å². The zero-order valence-corrected chi connectivity index (χ0v) is 11.3. The highest BCUT2D eigenvalue weighted by atomic mass is 16.4. The standard InChI is InChI=1S/C15H19NO4/c17-13-4-2-1-3-11(13)5-8-14(18)16(12-6-7-12)10-9-15(19)20/h1-4,12,17H,5-10H2,(H,19,20). The van der Waals surface area contributed by atoms with E-state index >= 15 is 0 Å². The Bertz CT molecular complexity index is 496. The predicted molar refractivity (Wildman–Crippen MR) is 73.4 cm³/mol. The minimum Gasteiger partial charge on any atom is -0.508 e. The minimum atomic E-state index is -0.885. The van der Waals surface area contributed by atoms with Gasteiger partial charge in [0.05, 0.1) is 6.42 Å². The monoisotopic (exact) mass is 277 g/mol. The Morgan fingerprint density at radius 2 is 1.90 bits per heavy atom. The number of carbonyl (C=O) groups is 2. The Balaban J connectivity index is 1.88. The molecule has 0 radical (unpaired) electrons. The molecule has 1 aromatic rings. The molecule has 1 aromatic carbocycles. The van der Waals surface area contributed by atoms with Crippen molar-refractivity contribution in [2.45, 2.75) is 38.1 Å². The van der Waals surface area contributed by atoms with Crippen LogP contribution >= 0.6 is 0 Å². The lowest BCUT2D eigenvalue weighted by molar-refractivity contribution is -0.138. The van der Waals surface area contributed by atoms with Crippen LogP contribution in [0.4, 0.5) is 0 Å². The quantitative estimate of drug-likeness (QED) is 0.796. The number of phenols is 1. The highest BCUT2D eigenvalue weighted by molar-refractivity contribution is 5.78. The summed E-state index contributed by atoms with van der Waals surface area (Å²) in [5.41, 5.74) is 0.745. The Labute approximate surface area is 117 Å². The Hall–Kier alpha value is -2.04. The third-order valence-electron chi connectivity index (χ3n) is 3.47. The number of amides is 1. The number of hydrogen-bond acceptors (Lipinski definition) is 3. The molecule has 1 aliphatic rings. The number of para-hydroxylation sites is 1. The summed E-state index contributed by atoms with van der Waals surface area (Å²) in [5.74, 6) is -0.718. The molecule has 0 aliphatic heterocycles. The summed E-state index contributed by atoms with van der Waals surface area (Å²) in [4.78, 5) is 24.5. The zero-order chi connectivity index (χ0) is 14.5. The topological polar surface area (TPSA) is 77.8 Å². The van der Waals surface area contributed by atoms with Crippen LogP contribution < -0.4 is 0 Å². The molecule has 0 saturated heterocycles. The maximum absolute atomic E-state index is 12.2.